The summed E-state index contributed by atoms with van der Waals surface area (Å²) in [5, 5.41) is 9.92. The maximum atomic E-state index is 9.92. The highest BCUT2D eigenvalue weighted by molar-refractivity contribution is 5.35. The number of aryl methyl sites for hydroxylation is 1. The van der Waals surface area contributed by atoms with Gasteiger partial charge < -0.3 is 5.11 Å². The fourth-order valence-electron chi connectivity index (χ4n) is 2.42. The van der Waals surface area contributed by atoms with E-state index in [-0.39, 0.29) is 6.10 Å². The topological polar surface area (TPSA) is 20.2 Å². The molecule has 0 aliphatic heterocycles. The summed E-state index contributed by atoms with van der Waals surface area (Å²) < 4.78 is 0. The molecule has 1 aromatic rings. The Labute approximate surface area is 92.1 Å². The van der Waals surface area contributed by atoms with Crippen LogP contribution in [0.1, 0.15) is 49.5 Å². The Kier molecular flexibility index (Phi) is 3.11. The molecule has 0 aromatic heterocycles. The molecule has 1 aliphatic rings. The van der Waals surface area contributed by atoms with Crippen LogP contribution in [0.2, 0.25) is 0 Å². The summed E-state index contributed by atoms with van der Waals surface area (Å²) in [7, 11) is 0. The number of rotatable bonds is 2. The molecule has 1 nitrogen and oxygen atoms in total. The van der Waals surface area contributed by atoms with E-state index in [1.165, 1.54) is 16.7 Å². The quantitative estimate of drug-likeness (QED) is 0.784. The largest absolute Gasteiger partial charge is 0.388 e. The summed E-state index contributed by atoms with van der Waals surface area (Å²) in [6.45, 7) is 4.46. The molecule has 1 N–H and O–H groups in total. The van der Waals surface area contributed by atoms with E-state index in [4.69, 9.17) is 0 Å². The Balaban J connectivity index is 2.27. The van der Waals surface area contributed by atoms with Crippen LogP contribution in [-0.2, 0) is 12.8 Å². The number of aliphatic hydroxyl groups excluding tert-OH is 1. The lowest BCUT2D eigenvalue weighted by Crippen LogP contribution is -2.10. The minimum Gasteiger partial charge on any atom is -0.388 e. The van der Waals surface area contributed by atoms with E-state index >= 15 is 0 Å². The van der Waals surface area contributed by atoms with Gasteiger partial charge in [0.2, 0.25) is 0 Å². The van der Waals surface area contributed by atoms with E-state index in [0.717, 1.165) is 25.7 Å². The van der Waals surface area contributed by atoms with Gasteiger partial charge >= 0.3 is 0 Å². The van der Waals surface area contributed by atoms with Crippen molar-refractivity contribution >= 4 is 0 Å². The van der Waals surface area contributed by atoms with Crippen LogP contribution >= 0.6 is 0 Å². The monoisotopic (exact) mass is 204 g/mol. The Bertz CT molecular complexity index is 341. The zero-order chi connectivity index (χ0) is 10.8. The van der Waals surface area contributed by atoms with Crippen LogP contribution < -0.4 is 0 Å². The van der Waals surface area contributed by atoms with Gasteiger partial charge in [-0.3, -0.25) is 0 Å². The van der Waals surface area contributed by atoms with E-state index in [1.54, 1.807) is 0 Å². The average Bonchev–Trinajstić information content (AvgIpc) is 2.18. The van der Waals surface area contributed by atoms with E-state index in [2.05, 4.69) is 32.0 Å². The smallest absolute Gasteiger partial charge is 0.0792 e. The average molecular weight is 204 g/mol. The molecule has 0 heterocycles. The van der Waals surface area contributed by atoms with E-state index in [0.29, 0.717) is 5.92 Å². The molecular weight excluding hydrogens is 184 g/mol. The van der Waals surface area contributed by atoms with E-state index in [1.807, 2.05) is 0 Å². The van der Waals surface area contributed by atoms with Crippen molar-refractivity contribution in [2.24, 2.45) is 5.92 Å². The standard InChI is InChI=1S/C14H20O/c1-10(2)8-11-6-7-12-4-3-5-14(15)13(12)9-11/h6-7,9-10,14-15H,3-5,8H2,1-2H3/t14-/m0/s1. The molecule has 82 valence electrons. The molecule has 1 atom stereocenters. The first-order valence-electron chi connectivity index (χ1n) is 5.96. The van der Waals surface area contributed by atoms with Crippen molar-refractivity contribution in [2.45, 2.75) is 45.6 Å². The molecule has 0 spiro atoms. The van der Waals surface area contributed by atoms with Crippen LogP contribution in [0.25, 0.3) is 0 Å². The van der Waals surface area contributed by atoms with Gasteiger partial charge in [-0.15, -0.1) is 0 Å². The highest BCUT2D eigenvalue weighted by atomic mass is 16.3. The minimum absolute atomic E-state index is 0.221. The first-order chi connectivity index (χ1) is 7.16. The Morgan fingerprint density at radius 2 is 2.20 bits per heavy atom. The third kappa shape index (κ3) is 2.40. The van der Waals surface area contributed by atoms with Gasteiger partial charge in [0.05, 0.1) is 6.10 Å². The van der Waals surface area contributed by atoms with Crippen LogP contribution in [0, 0.1) is 5.92 Å². The zero-order valence-electron chi connectivity index (χ0n) is 9.66. The van der Waals surface area contributed by atoms with Gasteiger partial charge in [0, 0.05) is 0 Å². The molecule has 2 rings (SSSR count). The third-order valence-electron chi connectivity index (χ3n) is 3.14. The Morgan fingerprint density at radius 3 is 2.93 bits per heavy atom. The zero-order valence-corrected chi connectivity index (χ0v) is 9.66. The van der Waals surface area contributed by atoms with Crippen molar-refractivity contribution < 1.29 is 5.11 Å². The second kappa shape index (κ2) is 4.36. The molecular formula is C14H20O. The summed E-state index contributed by atoms with van der Waals surface area (Å²) in [6, 6.07) is 6.63. The SMILES string of the molecule is CC(C)Cc1ccc2c(c1)[C@@H](O)CCC2. The molecule has 1 heteroatoms. The van der Waals surface area contributed by atoms with Crippen LogP contribution in [0.4, 0.5) is 0 Å². The molecule has 1 aliphatic carbocycles. The first-order valence-corrected chi connectivity index (χ1v) is 5.96. The van der Waals surface area contributed by atoms with E-state index in [9.17, 15) is 5.11 Å². The van der Waals surface area contributed by atoms with Crippen molar-refractivity contribution in [2.75, 3.05) is 0 Å². The fourth-order valence-corrected chi connectivity index (χ4v) is 2.42. The molecule has 0 saturated heterocycles. The summed E-state index contributed by atoms with van der Waals surface area (Å²) in [6.07, 6.45) is 4.07. The second-order valence-electron chi connectivity index (χ2n) is 5.04. The van der Waals surface area contributed by atoms with Gasteiger partial charge in [0.1, 0.15) is 0 Å². The molecule has 1 aromatic carbocycles. The first kappa shape index (κ1) is 10.7. The molecule has 0 unspecified atom stereocenters. The van der Waals surface area contributed by atoms with Crippen molar-refractivity contribution in [1.82, 2.24) is 0 Å². The van der Waals surface area contributed by atoms with Crippen LogP contribution in [0.15, 0.2) is 18.2 Å². The summed E-state index contributed by atoms with van der Waals surface area (Å²) in [5.41, 5.74) is 3.89. The van der Waals surface area contributed by atoms with Crippen molar-refractivity contribution in [3.63, 3.8) is 0 Å². The van der Waals surface area contributed by atoms with Crippen molar-refractivity contribution in [3.05, 3.63) is 34.9 Å². The molecule has 0 radical (unpaired) electrons. The second-order valence-corrected chi connectivity index (χ2v) is 5.04. The lowest BCUT2D eigenvalue weighted by molar-refractivity contribution is 0.156. The predicted octanol–water partition coefficient (Wildman–Crippen LogP) is 3.25. The number of hydrogen-bond acceptors (Lipinski definition) is 1. The number of fused-ring (bicyclic) bond motifs is 1. The normalized spacial score (nSPS) is 20.4. The molecule has 0 fully saturated rings. The van der Waals surface area contributed by atoms with Gasteiger partial charge in [-0.05, 0) is 48.3 Å². The van der Waals surface area contributed by atoms with Crippen LogP contribution in [0.3, 0.4) is 0 Å². The van der Waals surface area contributed by atoms with Crippen molar-refractivity contribution in [3.8, 4) is 0 Å². The lowest BCUT2D eigenvalue weighted by Gasteiger charge is -2.22. The van der Waals surface area contributed by atoms with Crippen LogP contribution in [-0.4, -0.2) is 5.11 Å². The predicted molar refractivity (Wildman–Crippen MR) is 62.9 cm³/mol. The molecule has 0 amide bonds. The summed E-state index contributed by atoms with van der Waals surface area (Å²) in [4.78, 5) is 0. The Hall–Kier alpha value is -0.820. The number of benzene rings is 1. The highest BCUT2D eigenvalue weighted by Crippen LogP contribution is 2.30. The van der Waals surface area contributed by atoms with Gasteiger partial charge in [0.25, 0.3) is 0 Å². The minimum atomic E-state index is -0.221. The summed E-state index contributed by atoms with van der Waals surface area (Å²) in [5.74, 6) is 0.684. The maximum Gasteiger partial charge on any atom is 0.0792 e. The van der Waals surface area contributed by atoms with Gasteiger partial charge in [-0.25, -0.2) is 0 Å². The van der Waals surface area contributed by atoms with Gasteiger partial charge in [-0.1, -0.05) is 32.0 Å². The van der Waals surface area contributed by atoms with Gasteiger partial charge in [0.15, 0.2) is 0 Å². The molecule has 15 heavy (non-hydrogen) atoms. The van der Waals surface area contributed by atoms with Crippen molar-refractivity contribution in [1.29, 1.82) is 0 Å². The fraction of sp³-hybridized carbons (Fsp3) is 0.571. The van der Waals surface area contributed by atoms with Crippen LogP contribution in [0.5, 0.6) is 0 Å². The maximum absolute atomic E-state index is 9.92. The number of aliphatic hydroxyl groups is 1. The van der Waals surface area contributed by atoms with E-state index < -0.39 is 0 Å². The lowest BCUT2D eigenvalue weighted by atomic mass is 9.87. The Morgan fingerprint density at radius 1 is 1.40 bits per heavy atom. The number of hydrogen-bond donors (Lipinski definition) is 1. The van der Waals surface area contributed by atoms with Gasteiger partial charge in [-0.2, -0.15) is 0 Å². The summed E-state index contributed by atoms with van der Waals surface area (Å²) >= 11 is 0. The third-order valence-corrected chi connectivity index (χ3v) is 3.14. The molecule has 0 bridgehead atoms. The highest BCUT2D eigenvalue weighted by Gasteiger charge is 2.17. The molecule has 0 saturated carbocycles.